The number of nitrogens with zero attached hydrogens (tertiary/aromatic N) is 6. The van der Waals surface area contributed by atoms with E-state index in [9.17, 15) is 30.3 Å². The van der Waals surface area contributed by atoms with Gasteiger partial charge in [-0.1, -0.05) is 6.07 Å². The van der Waals surface area contributed by atoms with E-state index in [0.717, 1.165) is 12.3 Å². The zero-order valence-corrected chi connectivity index (χ0v) is 13.8. The maximum absolute atomic E-state index is 11.3. The van der Waals surface area contributed by atoms with Crippen LogP contribution in [0.15, 0.2) is 36.7 Å². The van der Waals surface area contributed by atoms with E-state index in [-0.39, 0.29) is 27.3 Å². The SMILES string of the molecule is O=[N+]([O-])c1cnc(Nc2nc(-c3ccccn3)c([N+](=O)[O-])s2)c([N+](=O)[O-])c1. The number of nitro groups is 3. The molecule has 14 heteroatoms. The zero-order chi connectivity index (χ0) is 19.6. The molecule has 3 aromatic heterocycles. The molecule has 0 aliphatic rings. The van der Waals surface area contributed by atoms with Gasteiger partial charge in [0.1, 0.15) is 6.20 Å². The highest BCUT2D eigenvalue weighted by Crippen LogP contribution is 2.38. The molecule has 3 heterocycles. The summed E-state index contributed by atoms with van der Waals surface area (Å²) < 4.78 is 0. The number of rotatable bonds is 6. The molecule has 0 aliphatic carbocycles. The molecule has 0 amide bonds. The average Bonchev–Trinajstić information content (AvgIpc) is 3.06. The molecule has 0 radical (unpaired) electrons. The first-order chi connectivity index (χ1) is 12.9. The topological polar surface area (TPSA) is 180 Å². The first-order valence-corrected chi connectivity index (χ1v) is 7.81. The lowest BCUT2D eigenvalue weighted by Gasteiger charge is -2.02. The number of aromatic nitrogens is 3. The van der Waals surface area contributed by atoms with Crippen molar-refractivity contribution in [3.05, 3.63) is 67.0 Å². The van der Waals surface area contributed by atoms with Crippen molar-refractivity contribution in [2.75, 3.05) is 5.32 Å². The minimum absolute atomic E-state index is 0.0161. The molecule has 13 nitrogen and oxygen atoms in total. The second kappa shape index (κ2) is 7.04. The Morgan fingerprint density at radius 1 is 1.00 bits per heavy atom. The van der Waals surface area contributed by atoms with E-state index in [2.05, 4.69) is 20.3 Å². The molecule has 0 unspecified atom stereocenters. The Morgan fingerprint density at radius 2 is 1.78 bits per heavy atom. The average molecular weight is 389 g/mol. The third-order valence-corrected chi connectivity index (χ3v) is 4.09. The zero-order valence-electron chi connectivity index (χ0n) is 13.0. The van der Waals surface area contributed by atoms with E-state index in [1.165, 1.54) is 12.3 Å². The number of anilines is 2. The van der Waals surface area contributed by atoms with E-state index in [1.54, 1.807) is 12.1 Å². The van der Waals surface area contributed by atoms with Crippen molar-refractivity contribution in [3.63, 3.8) is 0 Å². The molecule has 0 aliphatic heterocycles. The fourth-order valence-corrected chi connectivity index (χ4v) is 2.83. The van der Waals surface area contributed by atoms with Crippen molar-refractivity contribution in [2.24, 2.45) is 0 Å². The maximum Gasteiger partial charge on any atom is 0.355 e. The Morgan fingerprint density at radius 3 is 2.37 bits per heavy atom. The van der Waals surface area contributed by atoms with Gasteiger partial charge in [0.2, 0.25) is 5.82 Å². The van der Waals surface area contributed by atoms with E-state index in [1.807, 2.05) is 0 Å². The van der Waals surface area contributed by atoms with Crippen LogP contribution in [0, 0.1) is 30.3 Å². The van der Waals surface area contributed by atoms with Crippen molar-refractivity contribution in [3.8, 4) is 11.4 Å². The maximum atomic E-state index is 11.3. The van der Waals surface area contributed by atoms with Gasteiger partial charge in [-0.15, -0.1) is 0 Å². The second-order valence-corrected chi connectivity index (χ2v) is 5.82. The van der Waals surface area contributed by atoms with Crippen LogP contribution in [0.3, 0.4) is 0 Å². The third-order valence-electron chi connectivity index (χ3n) is 3.17. The summed E-state index contributed by atoms with van der Waals surface area (Å²) in [6, 6.07) is 5.52. The largest absolute Gasteiger partial charge is 0.355 e. The Bertz CT molecular complexity index is 1050. The highest BCUT2D eigenvalue weighted by atomic mass is 32.1. The summed E-state index contributed by atoms with van der Waals surface area (Å²) in [5, 5.41) is 35.3. The number of pyridine rings is 2. The van der Waals surface area contributed by atoms with Gasteiger partial charge in [-0.05, 0) is 23.5 Å². The fourth-order valence-electron chi connectivity index (χ4n) is 2.04. The summed E-state index contributed by atoms with van der Waals surface area (Å²) in [4.78, 5) is 42.6. The molecule has 0 aromatic carbocycles. The number of nitrogens with one attached hydrogen (secondary N) is 1. The lowest BCUT2D eigenvalue weighted by molar-refractivity contribution is -0.394. The third kappa shape index (κ3) is 3.64. The Kier molecular flexibility index (Phi) is 4.63. The summed E-state index contributed by atoms with van der Waals surface area (Å²) in [5.74, 6) is -0.332. The van der Waals surface area contributed by atoms with Gasteiger partial charge in [0.15, 0.2) is 10.8 Å². The number of hydrogen-bond acceptors (Lipinski definition) is 11. The molecule has 0 fully saturated rings. The summed E-state index contributed by atoms with van der Waals surface area (Å²) in [6.07, 6.45) is 2.27. The van der Waals surface area contributed by atoms with Gasteiger partial charge in [0, 0.05) is 6.20 Å². The van der Waals surface area contributed by atoms with Gasteiger partial charge in [-0.25, -0.2) is 9.97 Å². The van der Waals surface area contributed by atoms with Crippen LogP contribution in [-0.2, 0) is 0 Å². The Balaban J connectivity index is 2.03. The predicted molar refractivity (Wildman–Crippen MR) is 92.8 cm³/mol. The summed E-state index contributed by atoms with van der Waals surface area (Å²) >= 11 is 0.630. The van der Waals surface area contributed by atoms with Crippen molar-refractivity contribution in [1.82, 2.24) is 15.0 Å². The fraction of sp³-hybridized carbons (Fsp3) is 0. The minimum atomic E-state index is -0.857. The van der Waals surface area contributed by atoms with Gasteiger partial charge in [-0.3, -0.25) is 35.3 Å². The van der Waals surface area contributed by atoms with Gasteiger partial charge in [-0.2, -0.15) is 0 Å². The van der Waals surface area contributed by atoms with Gasteiger partial charge < -0.3 is 5.32 Å². The molecule has 0 spiro atoms. The predicted octanol–water partition coefficient (Wildman–Crippen LogP) is 3.07. The van der Waals surface area contributed by atoms with Crippen LogP contribution in [0.2, 0.25) is 0 Å². The van der Waals surface area contributed by atoms with Gasteiger partial charge >= 0.3 is 10.7 Å². The lowest BCUT2D eigenvalue weighted by Crippen LogP contribution is -2.01. The van der Waals surface area contributed by atoms with Crippen molar-refractivity contribution >= 4 is 38.7 Å². The molecule has 3 rings (SSSR count). The minimum Gasteiger partial charge on any atom is -0.310 e. The highest BCUT2D eigenvalue weighted by molar-refractivity contribution is 7.19. The van der Waals surface area contributed by atoms with Crippen molar-refractivity contribution < 1.29 is 14.8 Å². The number of hydrogen-bond donors (Lipinski definition) is 1. The molecular weight excluding hydrogens is 382 g/mol. The highest BCUT2D eigenvalue weighted by Gasteiger charge is 2.26. The van der Waals surface area contributed by atoms with Crippen molar-refractivity contribution in [2.45, 2.75) is 0 Å². The molecule has 0 saturated carbocycles. The van der Waals surface area contributed by atoms with Gasteiger partial charge in [0.05, 0.1) is 26.5 Å². The molecule has 27 heavy (non-hydrogen) atoms. The lowest BCUT2D eigenvalue weighted by atomic mass is 10.3. The Labute approximate surface area is 152 Å². The van der Waals surface area contributed by atoms with E-state index < -0.39 is 26.1 Å². The summed E-state index contributed by atoms with van der Waals surface area (Å²) in [5.41, 5.74) is -0.995. The standard InChI is InChI=1S/C13H7N7O6S/c21-18(22)7-5-9(19(23)24)11(15-6-7)17-13-16-10(12(27-13)20(25)26)8-3-1-2-4-14-8/h1-6H,(H,15,16,17). The molecule has 0 saturated heterocycles. The molecule has 0 atom stereocenters. The van der Waals surface area contributed by atoms with Gasteiger partial charge in [0.25, 0.3) is 5.69 Å². The smallest absolute Gasteiger partial charge is 0.310 e. The van der Waals surface area contributed by atoms with Crippen LogP contribution in [0.25, 0.3) is 11.4 Å². The molecule has 1 N–H and O–H groups in total. The van der Waals surface area contributed by atoms with Crippen LogP contribution in [0.4, 0.5) is 27.3 Å². The van der Waals surface area contributed by atoms with Crippen LogP contribution in [-0.4, -0.2) is 29.7 Å². The van der Waals surface area contributed by atoms with Crippen LogP contribution >= 0.6 is 11.3 Å². The van der Waals surface area contributed by atoms with Crippen LogP contribution < -0.4 is 5.32 Å². The van der Waals surface area contributed by atoms with Crippen LogP contribution in [0.1, 0.15) is 0 Å². The first kappa shape index (κ1) is 17.7. The Hall–Kier alpha value is -4.07. The van der Waals surface area contributed by atoms with Crippen LogP contribution in [0.5, 0.6) is 0 Å². The summed E-state index contributed by atoms with van der Waals surface area (Å²) in [6.45, 7) is 0. The molecule has 136 valence electrons. The second-order valence-electron chi connectivity index (χ2n) is 4.85. The van der Waals surface area contributed by atoms with Crippen molar-refractivity contribution in [1.29, 1.82) is 0 Å². The number of thiazole rings is 1. The summed E-state index contributed by atoms with van der Waals surface area (Å²) in [7, 11) is 0. The normalized spacial score (nSPS) is 10.4. The molecular formula is C13H7N7O6S. The quantitative estimate of drug-likeness (QED) is 0.486. The monoisotopic (exact) mass is 389 g/mol. The van der Waals surface area contributed by atoms with E-state index >= 15 is 0 Å². The van der Waals surface area contributed by atoms with E-state index in [0.29, 0.717) is 11.3 Å². The van der Waals surface area contributed by atoms with E-state index in [4.69, 9.17) is 0 Å². The molecule has 0 bridgehead atoms. The molecule has 3 aromatic rings. The first-order valence-electron chi connectivity index (χ1n) is 6.99.